The summed E-state index contributed by atoms with van der Waals surface area (Å²) >= 11 is 0. The molecule has 0 aliphatic heterocycles. The van der Waals surface area contributed by atoms with Gasteiger partial charge in [0.05, 0.1) is 0 Å². The average molecular weight is 234 g/mol. The van der Waals surface area contributed by atoms with E-state index in [0.717, 1.165) is 24.3 Å². The van der Waals surface area contributed by atoms with Crippen molar-refractivity contribution in [2.45, 2.75) is 33.6 Å². The van der Waals surface area contributed by atoms with Crippen molar-refractivity contribution < 1.29 is 4.79 Å². The Labute approximate surface area is 104 Å². The zero-order chi connectivity index (χ0) is 12.7. The maximum absolute atomic E-state index is 11.3. The molecular weight excluding hydrogens is 212 g/mol. The molecule has 0 fully saturated rings. The summed E-state index contributed by atoms with van der Waals surface area (Å²) in [6.07, 6.45) is 1.65. The third-order valence-corrected chi connectivity index (χ3v) is 2.52. The van der Waals surface area contributed by atoms with Crippen molar-refractivity contribution in [1.82, 2.24) is 0 Å². The minimum atomic E-state index is 0.0457. The normalized spacial score (nSPS) is 10.4. The van der Waals surface area contributed by atoms with Gasteiger partial charge in [0.15, 0.2) is 0 Å². The number of carbonyl (C=O) groups is 1. The van der Waals surface area contributed by atoms with E-state index >= 15 is 0 Å². The minimum absolute atomic E-state index is 0.0457. The van der Waals surface area contributed by atoms with Crippen LogP contribution in [0.2, 0.25) is 0 Å². The molecule has 0 bridgehead atoms. The van der Waals surface area contributed by atoms with Crippen LogP contribution in [-0.4, -0.2) is 12.5 Å². The number of hydrogen-bond donors (Lipinski definition) is 2. The molecule has 3 heteroatoms. The summed E-state index contributed by atoms with van der Waals surface area (Å²) in [5, 5.41) is 6.21. The van der Waals surface area contributed by atoms with Gasteiger partial charge in [-0.3, -0.25) is 4.79 Å². The Hall–Kier alpha value is -1.51. The van der Waals surface area contributed by atoms with Crippen molar-refractivity contribution in [3.8, 4) is 0 Å². The Morgan fingerprint density at radius 1 is 1.29 bits per heavy atom. The van der Waals surface area contributed by atoms with E-state index in [0.29, 0.717) is 12.3 Å². The van der Waals surface area contributed by atoms with Gasteiger partial charge in [-0.25, -0.2) is 0 Å². The van der Waals surface area contributed by atoms with E-state index in [1.807, 2.05) is 31.2 Å². The monoisotopic (exact) mass is 234 g/mol. The van der Waals surface area contributed by atoms with Crippen LogP contribution in [-0.2, 0) is 4.79 Å². The third kappa shape index (κ3) is 5.38. The Morgan fingerprint density at radius 2 is 2.00 bits per heavy atom. The van der Waals surface area contributed by atoms with Crippen molar-refractivity contribution >= 4 is 17.3 Å². The van der Waals surface area contributed by atoms with Gasteiger partial charge in [-0.15, -0.1) is 0 Å². The highest BCUT2D eigenvalue weighted by Gasteiger charge is 2.00. The van der Waals surface area contributed by atoms with Crippen molar-refractivity contribution in [3.05, 3.63) is 24.3 Å². The fraction of sp³-hybridized carbons (Fsp3) is 0.500. The van der Waals surface area contributed by atoms with Crippen LogP contribution in [0.15, 0.2) is 24.3 Å². The zero-order valence-electron chi connectivity index (χ0n) is 10.9. The van der Waals surface area contributed by atoms with Crippen LogP contribution in [0.3, 0.4) is 0 Å². The molecule has 0 atom stereocenters. The molecule has 17 heavy (non-hydrogen) atoms. The molecule has 1 rings (SSSR count). The largest absolute Gasteiger partial charge is 0.385 e. The number of nitrogens with one attached hydrogen (secondary N) is 2. The van der Waals surface area contributed by atoms with E-state index in [2.05, 4.69) is 24.5 Å². The Morgan fingerprint density at radius 3 is 2.65 bits per heavy atom. The van der Waals surface area contributed by atoms with E-state index in [4.69, 9.17) is 0 Å². The highest BCUT2D eigenvalue weighted by atomic mass is 16.1. The molecule has 0 unspecified atom stereocenters. The molecule has 0 saturated carbocycles. The van der Waals surface area contributed by atoms with Crippen LogP contribution < -0.4 is 10.6 Å². The smallest absolute Gasteiger partial charge is 0.224 e. The van der Waals surface area contributed by atoms with E-state index in [9.17, 15) is 4.79 Å². The third-order valence-electron chi connectivity index (χ3n) is 2.52. The Balaban J connectivity index is 2.50. The van der Waals surface area contributed by atoms with Crippen molar-refractivity contribution in [3.63, 3.8) is 0 Å². The van der Waals surface area contributed by atoms with Gasteiger partial charge in [-0.2, -0.15) is 0 Å². The molecule has 0 radical (unpaired) electrons. The van der Waals surface area contributed by atoms with E-state index in [-0.39, 0.29) is 5.91 Å². The van der Waals surface area contributed by atoms with Gasteiger partial charge in [0.2, 0.25) is 5.91 Å². The predicted molar refractivity (Wildman–Crippen MR) is 73.3 cm³/mol. The lowest BCUT2D eigenvalue weighted by atomic mass is 10.1. The summed E-state index contributed by atoms with van der Waals surface area (Å²) in [6, 6.07) is 7.83. The maximum atomic E-state index is 11.3. The predicted octanol–water partition coefficient (Wildman–Crippen LogP) is 3.49. The lowest BCUT2D eigenvalue weighted by molar-refractivity contribution is -0.115. The first kappa shape index (κ1) is 13.6. The van der Waals surface area contributed by atoms with Gasteiger partial charge < -0.3 is 10.6 Å². The molecule has 0 heterocycles. The molecule has 94 valence electrons. The van der Waals surface area contributed by atoms with Crippen molar-refractivity contribution in [1.29, 1.82) is 0 Å². The molecule has 0 aliphatic rings. The molecule has 1 aromatic rings. The topological polar surface area (TPSA) is 41.1 Å². The number of hydrogen-bond acceptors (Lipinski definition) is 2. The van der Waals surface area contributed by atoms with Crippen LogP contribution in [0.4, 0.5) is 11.4 Å². The molecule has 1 amide bonds. The quantitative estimate of drug-likeness (QED) is 0.791. The summed E-state index contributed by atoms with van der Waals surface area (Å²) in [7, 11) is 0. The van der Waals surface area contributed by atoms with Gasteiger partial charge >= 0.3 is 0 Å². The Kier molecular flexibility index (Phi) is 5.53. The number of amides is 1. The number of carbonyl (C=O) groups excluding carboxylic acids is 1. The van der Waals surface area contributed by atoms with Crippen LogP contribution >= 0.6 is 0 Å². The minimum Gasteiger partial charge on any atom is -0.385 e. The van der Waals surface area contributed by atoms with E-state index in [1.165, 1.54) is 0 Å². The molecular formula is C14H22N2O. The summed E-state index contributed by atoms with van der Waals surface area (Å²) in [5.74, 6) is 0.745. The standard InChI is InChI=1S/C14H22N2O/c1-4-14(17)16-13-7-5-6-12(10-13)15-9-8-11(2)3/h5-7,10-11,15H,4,8-9H2,1-3H3,(H,16,17). The first-order valence-electron chi connectivity index (χ1n) is 6.25. The number of anilines is 2. The van der Waals surface area contributed by atoms with Crippen molar-refractivity contribution in [2.75, 3.05) is 17.2 Å². The maximum Gasteiger partial charge on any atom is 0.224 e. The summed E-state index contributed by atoms with van der Waals surface area (Å²) < 4.78 is 0. The van der Waals surface area contributed by atoms with Gasteiger partial charge in [0.25, 0.3) is 0 Å². The fourth-order valence-corrected chi connectivity index (χ4v) is 1.46. The molecule has 0 aliphatic carbocycles. The fourth-order valence-electron chi connectivity index (χ4n) is 1.46. The molecule has 3 nitrogen and oxygen atoms in total. The number of rotatable bonds is 6. The first-order valence-corrected chi connectivity index (χ1v) is 6.25. The second-order valence-electron chi connectivity index (χ2n) is 4.59. The number of benzene rings is 1. The zero-order valence-corrected chi connectivity index (χ0v) is 10.9. The summed E-state index contributed by atoms with van der Waals surface area (Å²) in [5.41, 5.74) is 1.91. The van der Waals surface area contributed by atoms with Crippen LogP contribution in [0.25, 0.3) is 0 Å². The van der Waals surface area contributed by atoms with E-state index < -0.39 is 0 Å². The Bertz CT molecular complexity index is 361. The van der Waals surface area contributed by atoms with Gasteiger partial charge in [0, 0.05) is 24.3 Å². The van der Waals surface area contributed by atoms with Gasteiger partial charge in [-0.1, -0.05) is 26.8 Å². The average Bonchev–Trinajstić information content (AvgIpc) is 2.29. The molecule has 0 aromatic heterocycles. The molecule has 0 saturated heterocycles. The summed E-state index contributed by atoms with van der Waals surface area (Å²) in [4.78, 5) is 11.3. The highest BCUT2D eigenvalue weighted by Crippen LogP contribution is 2.15. The van der Waals surface area contributed by atoms with Gasteiger partial charge in [-0.05, 0) is 30.5 Å². The SMILES string of the molecule is CCC(=O)Nc1cccc(NCCC(C)C)c1. The van der Waals surface area contributed by atoms with Crippen molar-refractivity contribution in [2.24, 2.45) is 5.92 Å². The molecule has 2 N–H and O–H groups in total. The van der Waals surface area contributed by atoms with Crippen LogP contribution in [0.5, 0.6) is 0 Å². The second kappa shape index (κ2) is 6.94. The van der Waals surface area contributed by atoms with Gasteiger partial charge in [0.1, 0.15) is 0 Å². The van der Waals surface area contributed by atoms with E-state index in [1.54, 1.807) is 0 Å². The first-order chi connectivity index (χ1) is 8.11. The van der Waals surface area contributed by atoms with Crippen LogP contribution in [0, 0.1) is 5.92 Å². The van der Waals surface area contributed by atoms with Crippen LogP contribution in [0.1, 0.15) is 33.6 Å². The molecule has 1 aromatic carbocycles. The lowest BCUT2D eigenvalue weighted by Gasteiger charge is -2.10. The second-order valence-corrected chi connectivity index (χ2v) is 4.59. The highest BCUT2D eigenvalue weighted by molar-refractivity contribution is 5.90. The lowest BCUT2D eigenvalue weighted by Crippen LogP contribution is -2.10. The molecule has 0 spiro atoms. The summed E-state index contributed by atoms with van der Waals surface area (Å²) in [6.45, 7) is 7.22.